The van der Waals surface area contributed by atoms with Crippen LogP contribution in [0.3, 0.4) is 0 Å². The van der Waals surface area contributed by atoms with Gasteiger partial charge in [-0.1, -0.05) is 71.1 Å². The van der Waals surface area contributed by atoms with Crippen molar-refractivity contribution in [1.29, 1.82) is 0 Å². The van der Waals surface area contributed by atoms with Crippen molar-refractivity contribution in [2.45, 2.75) is 71.6 Å². The van der Waals surface area contributed by atoms with Crippen LogP contribution >= 0.6 is 0 Å². The number of hydrogen-bond acceptors (Lipinski definition) is 1. The fourth-order valence-electron chi connectivity index (χ4n) is 2.39. The minimum absolute atomic E-state index is 0.147. The molecule has 2 heteroatoms. The van der Waals surface area contributed by atoms with Gasteiger partial charge in [0.25, 0.3) is 0 Å². The molecule has 0 aromatic heterocycles. The number of nitrogens with one attached hydrogen (secondary N) is 1. The van der Waals surface area contributed by atoms with Crippen LogP contribution in [0.15, 0.2) is 24.3 Å². The maximum atomic E-state index is 12.0. The van der Waals surface area contributed by atoms with Gasteiger partial charge in [0.2, 0.25) is 5.91 Å². The summed E-state index contributed by atoms with van der Waals surface area (Å²) in [6.07, 6.45) is 7.94. The van der Waals surface area contributed by atoms with Gasteiger partial charge in [-0.15, -0.1) is 0 Å². The van der Waals surface area contributed by atoms with E-state index < -0.39 is 0 Å². The van der Waals surface area contributed by atoms with Crippen LogP contribution in [-0.4, -0.2) is 5.91 Å². The Balaban J connectivity index is 2.32. The number of benzene rings is 1. The summed E-state index contributed by atoms with van der Waals surface area (Å²) in [7, 11) is 0. The van der Waals surface area contributed by atoms with Crippen molar-refractivity contribution in [3.8, 4) is 0 Å². The Kier molecular flexibility index (Phi) is 8.01. The van der Waals surface area contributed by atoms with E-state index in [4.69, 9.17) is 0 Å². The van der Waals surface area contributed by atoms with Crippen molar-refractivity contribution < 1.29 is 4.79 Å². The van der Waals surface area contributed by atoms with Gasteiger partial charge < -0.3 is 5.32 Å². The maximum absolute atomic E-state index is 12.0. The quantitative estimate of drug-likeness (QED) is 0.592. The Bertz CT molecular complexity index is 398. The van der Waals surface area contributed by atoms with Crippen molar-refractivity contribution in [1.82, 2.24) is 0 Å². The third-order valence-electron chi connectivity index (χ3n) is 3.61. The van der Waals surface area contributed by atoms with Gasteiger partial charge in [-0.05, 0) is 24.0 Å². The monoisotopic (exact) mass is 275 g/mol. The molecule has 0 saturated heterocycles. The molecule has 0 radical (unpaired) electrons. The Morgan fingerprint density at radius 3 is 2.40 bits per heavy atom. The zero-order chi connectivity index (χ0) is 14.8. The number of carbonyl (C=O) groups is 1. The first kappa shape index (κ1) is 16.7. The van der Waals surface area contributed by atoms with Crippen LogP contribution in [0.5, 0.6) is 0 Å². The first-order valence-electron chi connectivity index (χ1n) is 8.04. The van der Waals surface area contributed by atoms with Crippen LogP contribution in [0.2, 0.25) is 0 Å². The van der Waals surface area contributed by atoms with E-state index in [9.17, 15) is 4.79 Å². The standard InChI is InChI=1S/C18H29NO/c1-4-5-6-7-8-9-14-18(20)19-17-13-11-10-12-16(17)15(2)3/h10-13,15H,4-9,14H2,1-3H3,(H,19,20). The molecule has 0 aliphatic heterocycles. The second-order valence-electron chi connectivity index (χ2n) is 5.81. The average molecular weight is 275 g/mol. The number of para-hydroxylation sites is 1. The van der Waals surface area contributed by atoms with Gasteiger partial charge in [-0.2, -0.15) is 0 Å². The molecule has 0 bridgehead atoms. The van der Waals surface area contributed by atoms with E-state index in [0.717, 1.165) is 12.1 Å². The number of amides is 1. The maximum Gasteiger partial charge on any atom is 0.224 e. The smallest absolute Gasteiger partial charge is 0.224 e. The van der Waals surface area contributed by atoms with E-state index in [-0.39, 0.29) is 5.91 Å². The molecule has 1 aromatic rings. The van der Waals surface area contributed by atoms with Gasteiger partial charge >= 0.3 is 0 Å². The van der Waals surface area contributed by atoms with Crippen molar-refractivity contribution in [3.05, 3.63) is 29.8 Å². The highest BCUT2D eigenvalue weighted by atomic mass is 16.1. The van der Waals surface area contributed by atoms with Crippen LogP contribution in [0.4, 0.5) is 5.69 Å². The summed E-state index contributed by atoms with van der Waals surface area (Å²) in [6.45, 7) is 6.52. The number of anilines is 1. The molecular formula is C18H29NO. The lowest BCUT2D eigenvalue weighted by atomic mass is 10.0. The summed E-state index contributed by atoms with van der Waals surface area (Å²) < 4.78 is 0. The minimum Gasteiger partial charge on any atom is -0.326 e. The van der Waals surface area contributed by atoms with Gasteiger partial charge in [0, 0.05) is 12.1 Å². The van der Waals surface area contributed by atoms with Crippen molar-refractivity contribution in [3.63, 3.8) is 0 Å². The molecular weight excluding hydrogens is 246 g/mol. The molecule has 20 heavy (non-hydrogen) atoms. The van der Waals surface area contributed by atoms with E-state index in [1.807, 2.05) is 18.2 Å². The lowest BCUT2D eigenvalue weighted by Crippen LogP contribution is -2.13. The zero-order valence-corrected chi connectivity index (χ0v) is 13.2. The highest BCUT2D eigenvalue weighted by molar-refractivity contribution is 5.91. The predicted molar refractivity (Wildman–Crippen MR) is 87.2 cm³/mol. The normalized spacial score (nSPS) is 10.8. The lowest BCUT2D eigenvalue weighted by Gasteiger charge is -2.13. The summed E-state index contributed by atoms with van der Waals surface area (Å²) in [6, 6.07) is 8.09. The zero-order valence-electron chi connectivity index (χ0n) is 13.2. The number of carbonyl (C=O) groups excluding carboxylic acids is 1. The second-order valence-corrected chi connectivity index (χ2v) is 5.81. The molecule has 0 heterocycles. The molecule has 112 valence electrons. The topological polar surface area (TPSA) is 29.1 Å². The molecule has 0 aliphatic carbocycles. The molecule has 1 amide bonds. The SMILES string of the molecule is CCCCCCCCC(=O)Nc1ccccc1C(C)C. The number of unbranched alkanes of at least 4 members (excludes halogenated alkanes) is 5. The number of hydrogen-bond donors (Lipinski definition) is 1. The van der Waals surface area contributed by atoms with Gasteiger partial charge in [0.1, 0.15) is 0 Å². The highest BCUT2D eigenvalue weighted by Crippen LogP contribution is 2.23. The molecule has 1 rings (SSSR count). The summed E-state index contributed by atoms with van der Waals surface area (Å²) in [4.78, 5) is 12.0. The summed E-state index contributed by atoms with van der Waals surface area (Å²) in [5.41, 5.74) is 2.18. The lowest BCUT2D eigenvalue weighted by molar-refractivity contribution is -0.116. The fourth-order valence-corrected chi connectivity index (χ4v) is 2.39. The molecule has 0 atom stereocenters. The number of rotatable bonds is 9. The van der Waals surface area contributed by atoms with Crippen LogP contribution in [0.25, 0.3) is 0 Å². The molecule has 2 nitrogen and oxygen atoms in total. The van der Waals surface area contributed by atoms with Crippen LogP contribution < -0.4 is 5.32 Å². The van der Waals surface area contributed by atoms with E-state index in [1.165, 1.54) is 37.7 Å². The van der Waals surface area contributed by atoms with Crippen LogP contribution in [0.1, 0.15) is 77.2 Å². The van der Waals surface area contributed by atoms with E-state index in [2.05, 4.69) is 32.2 Å². The Hall–Kier alpha value is -1.31. The summed E-state index contributed by atoms with van der Waals surface area (Å²) >= 11 is 0. The first-order valence-corrected chi connectivity index (χ1v) is 8.04. The predicted octanol–water partition coefficient (Wildman–Crippen LogP) is 5.50. The molecule has 0 aliphatic rings. The molecule has 1 N–H and O–H groups in total. The first-order chi connectivity index (χ1) is 9.65. The molecule has 0 spiro atoms. The van der Waals surface area contributed by atoms with Crippen LogP contribution in [0, 0.1) is 0 Å². The van der Waals surface area contributed by atoms with Gasteiger partial charge in [-0.25, -0.2) is 0 Å². The van der Waals surface area contributed by atoms with E-state index in [1.54, 1.807) is 0 Å². The van der Waals surface area contributed by atoms with Crippen molar-refractivity contribution in [2.75, 3.05) is 5.32 Å². The average Bonchev–Trinajstić information content (AvgIpc) is 2.43. The largest absolute Gasteiger partial charge is 0.326 e. The van der Waals surface area contributed by atoms with Gasteiger partial charge in [0.15, 0.2) is 0 Å². The Labute approximate surface area is 124 Å². The molecule has 0 fully saturated rings. The van der Waals surface area contributed by atoms with E-state index in [0.29, 0.717) is 12.3 Å². The fraction of sp³-hybridized carbons (Fsp3) is 0.611. The van der Waals surface area contributed by atoms with Gasteiger partial charge in [-0.3, -0.25) is 4.79 Å². The van der Waals surface area contributed by atoms with Gasteiger partial charge in [0.05, 0.1) is 0 Å². The summed E-state index contributed by atoms with van der Waals surface area (Å²) in [5, 5.41) is 3.05. The van der Waals surface area contributed by atoms with E-state index >= 15 is 0 Å². The third-order valence-corrected chi connectivity index (χ3v) is 3.61. The van der Waals surface area contributed by atoms with Crippen molar-refractivity contribution >= 4 is 11.6 Å². The minimum atomic E-state index is 0.147. The van der Waals surface area contributed by atoms with Crippen LogP contribution in [-0.2, 0) is 4.79 Å². The second kappa shape index (κ2) is 9.57. The molecule has 1 aromatic carbocycles. The third kappa shape index (κ3) is 6.23. The molecule has 0 saturated carbocycles. The summed E-state index contributed by atoms with van der Waals surface area (Å²) in [5.74, 6) is 0.578. The van der Waals surface area contributed by atoms with Crippen molar-refractivity contribution in [2.24, 2.45) is 0 Å². The Morgan fingerprint density at radius 2 is 1.70 bits per heavy atom. The Morgan fingerprint density at radius 1 is 1.05 bits per heavy atom. The highest BCUT2D eigenvalue weighted by Gasteiger charge is 2.08. The molecule has 0 unspecified atom stereocenters.